The Labute approximate surface area is 77.0 Å². The van der Waals surface area contributed by atoms with Crippen molar-refractivity contribution >= 4 is 22.8 Å². The molecule has 0 fully saturated rings. The van der Waals surface area contributed by atoms with Gasteiger partial charge in [0.1, 0.15) is 0 Å². The van der Waals surface area contributed by atoms with Gasteiger partial charge in [-0.25, -0.2) is 0 Å². The van der Waals surface area contributed by atoms with Crippen LogP contribution in [0.2, 0.25) is 0 Å². The largest absolute Gasteiger partial charge is 0.450 e. The number of halogens is 1. The van der Waals surface area contributed by atoms with Gasteiger partial charge in [0.25, 0.3) is 5.24 Å². The van der Waals surface area contributed by atoms with Crippen LogP contribution >= 0.6 is 11.6 Å². The maximum absolute atomic E-state index is 10.9. The summed E-state index contributed by atoms with van der Waals surface area (Å²) in [7, 11) is 0. The van der Waals surface area contributed by atoms with Crippen molar-refractivity contribution in [1.29, 1.82) is 0 Å². The van der Waals surface area contributed by atoms with E-state index < -0.39 is 16.8 Å². The highest BCUT2D eigenvalue weighted by molar-refractivity contribution is 6.65. The summed E-state index contributed by atoms with van der Waals surface area (Å²) in [5.74, 6) is -0.486. The van der Waals surface area contributed by atoms with Gasteiger partial charge >= 0.3 is 5.97 Å². The second kappa shape index (κ2) is 4.45. The Bertz CT molecular complexity index is 191. The Kier molecular flexibility index (Phi) is 4.24. The Morgan fingerprint density at radius 1 is 1.50 bits per heavy atom. The number of esters is 1. The van der Waals surface area contributed by atoms with Crippen molar-refractivity contribution < 1.29 is 14.3 Å². The zero-order valence-corrected chi connectivity index (χ0v) is 8.27. The van der Waals surface area contributed by atoms with Gasteiger partial charge in [-0.2, -0.15) is 0 Å². The predicted octanol–water partition coefficient (Wildman–Crippen LogP) is 1.87. The fourth-order valence-electron chi connectivity index (χ4n) is 0.984. The third-order valence-corrected chi connectivity index (χ3v) is 1.91. The van der Waals surface area contributed by atoms with Crippen LogP contribution in [-0.4, -0.2) is 16.8 Å². The van der Waals surface area contributed by atoms with Crippen molar-refractivity contribution in [2.75, 3.05) is 0 Å². The van der Waals surface area contributed by atoms with Crippen molar-refractivity contribution in [2.45, 2.75) is 39.2 Å². The quantitative estimate of drug-likeness (QED) is 0.505. The molecule has 0 aromatic carbocycles. The van der Waals surface area contributed by atoms with Gasteiger partial charge in [-0.05, 0) is 24.9 Å². The van der Waals surface area contributed by atoms with Crippen LogP contribution in [0.4, 0.5) is 0 Å². The summed E-state index contributed by atoms with van der Waals surface area (Å²) in [6, 6.07) is 0. The van der Waals surface area contributed by atoms with E-state index in [1.54, 1.807) is 0 Å². The van der Waals surface area contributed by atoms with Crippen LogP contribution in [0.5, 0.6) is 0 Å². The molecular formula is C8H13ClO3. The lowest BCUT2D eigenvalue weighted by atomic mass is 10.0. The number of carbonyl (C=O) groups excluding carboxylic acids is 2. The number of hydrogen-bond donors (Lipinski definition) is 0. The molecule has 12 heavy (non-hydrogen) atoms. The van der Waals surface area contributed by atoms with E-state index in [1.165, 1.54) is 13.8 Å². The van der Waals surface area contributed by atoms with E-state index in [9.17, 15) is 9.59 Å². The predicted molar refractivity (Wildman–Crippen MR) is 45.9 cm³/mol. The molecule has 0 aliphatic carbocycles. The minimum Gasteiger partial charge on any atom is -0.450 e. The molecule has 0 spiro atoms. The Hall–Kier alpha value is -0.570. The average molecular weight is 193 g/mol. The summed E-state index contributed by atoms with van der Waals surface area (Å²) in [5.41, 5.74) is -1.15. The van der Waals surface area contributed by atoms with Gasteiger partial charge in [0, 0.05) is 6.92 Å². The molecule has 0 saturated carbocycles. The molecule has 0 saturated heterocycles. The highest BCUT2D eigenvalue weighted by Gasteiger charge is 2.33. The summed E-state index contributed by atoms with van der Waals surface area (Å²) in [6.45, 7) is 4.67. The summed E-state index contributed by atoms with van der Waals surface area (Å²) >= 11 is 5.29. The minimum atomic E-state index is -1.15. The molecule has 0 amide bonds. The number of hydrogen-bond acceptors (Lipinski definition) is 3. The SMILES string of the molecule is CCCC(C)(OC(C)=O)C(=O)Cl. The third-order valence-electron chi connectivity index (χ3n) is 1.51. The molecule has 0 radical (unpaired) electrons. The van der Waals surface area contributed by atoms with Crippen LogP contribution < -0.4 is 0 Å². The van der Waals surface area contributed by atoms with Crippen molar-refractivity contribution in [3.05, 3.63) is 0 Å². The number of carbonyl (C=O) groups is 2. The van der Waals surface area contributed by atoms with Crippen LogP contribution in [0, 0.1) is 0 Å². The van der Waals surface area contributed by atoms with E-state index in [1.807, 2.05) is 6.92 Å². The van der Waals surface area contributed by atoms with Gasteiger partial charge in [0.15, 0.2) is 5.60 Å². The average Bonchev–Trinajstić information content (AvgIpc) is 1.85. The Morgan fingerprint density at radius 3 is 2.25 bits per heavy atom. The van der Waals surface area contributed by atoms with Crippen LogP contribution in [0.15, 0.2) is 0 Å². The first kappa shape index (κ1) is 11.4. The normalized spacial score (nSPS) is 15.0. The van der Waals surface area contributed by atoms with Crippen LogP contribution in [0.1, 0.15) is 33.6 Å². The van der Waals surface area contributed by atoms with Crippen molar-refractivity contribution in [3.8, 4) is 0 Å². The molecule has 3 nitrogen and oxygen atoms in total. The van der Waals surface area contributed by atoms with Crippen molar-refractivity contribution in [1.82, 2.24) is 0 Å². The van der Waals surface area contributed by atoms with Gasteiger partial charge in [-0.15, -0.1) is 0 Å². The van der Waals surface area contributed by atoms with Gasteiger partial charge < -0.3 is 4.74 Å². The molecule has 0 heterocycles. The first-order chi connectivity index (χ1) is 5.42. The second-order valence-electron chi connectivity index (χ2n) is 2.85. The van der Waals surface area contributed by atoms with Gasteiger partial charge in [0.2, 0.25) is 0 Å². The van der Waals surface area contributed by atoms with E-state index in [-0.39, 0.29) is 0 Å². The fraction of sp³-hybridized carbons (Fsp3) is 0.750. The lowest BCUT2D eigenvalue weighted by Crippen LogP contribution is -2.36. The molecule has 0 aliphatic rings. The van der Waals surface area contributed by atoms with Gasteiger partial charge in [-0.1, -0.05) is 13.3 Å². The summed E-state index contributed by atoms with van der Waals surface area (Å²) in [5, 5.41) is -0.625. The second-order valence-corrected chi connectivity index (χ2v) is 3.19. The fourth-order valence-corrected chi connectivity index (χ4v) is 1.12. The monoisotopic (exact) mass is 192 g/mol. The lowest BCUT2D eigenvalue weighted by molar-refractivity contribution is -0.161. The topological polar surface area (TPSA) is 43.4 Å². The zero-order chi connectivity index (χ0) is 9.78. The Balaban J connectivity index is 4.38. The highest BCUT2D eigenvalue weighted by atomic mass is 35.5. The smallest absolute Gasteiger partial charge is 0.303 e. The molecule has 0 aromatic heterocycles. The molecule has 1 unspecified atom stereocenters. The molecule has 0 aliphatic heterocycles. The first-order valence-electron chi connectivity index (χ1n) is 3.82. The van der Waals surface area contributed by atoms with Gasteiger partial charge in [-0.3, -0.25) is 9.59 Å². The van der Waals surface area contributed by atoms with Crippen molar-refractivity contribution in [3.63, 3.8) is 0 Å². The molecule has 0 aromatic rings. The first-order valence-corrected chi connectivity index (χ1v) is 4.19. The molecule has 0 rings (SSSR count). The standard InChI is InChI=1S/C8H13ClO3/c1-4-5-8(3,7(9)11)12-6(2)10/h4-5H2,1-3H3. The Morgan fingerprint density at radius 2 is 2.00 bits per heavy atom. The molecule has 4 heteroatoms. The molecule has 0 N–H and O–H groups in total. The minimum absolute atomic E-state index is 0.453. The maximum atomic E-state index is 10.9. The maximum Gasteiger partial charge on any atom is 0.303 e. The summed E-state index contributed by atoms with van der Waals surface area (Å²) in [6.07, 6.45) is 1.19. The van der Waals surface area contributed by atoms with Gasteiger partial charge in [0.05, 0.1) is 0 Å². The number of ether oxygens (including phenoxy) is 1. The van der Waals surface area contributed by atoms with E-state index in [2.05, 4.69) is 0 Å². The zero-order valence-electron chi connectivity index (χ0n) is 7.52. The molecule has 1 atom stereocenters. The molecule has 70 valence electrons. The highest BCUT2D eigenvalue weighted by Crippen LogP contribution is 2.20. The lowest BCUT2D eigenvalue weighted by Gasteiger charge is -2.23. The van der Waals surface area contributed by atoms with Crippen molar-refractivity contribution in [2.24, 2.45) is 0 Å². The van der Waals surface area contributed by atoms with E-state index in [0.717, 1.165) is 6.42 Å². The van der Waals surface area contributed by atoms with Crippen LogP contribution in [-0.2, 0) is 14.3 Å². The summed E-state index contributed by atoms with van der Waals surface area (Å²) < 4.78 is 4.82. The number of rotatable bonds is 4. The molecular weight excluding hydrogens is 180 g/mol. The van der Waals surface area contributed by atoms with Crippen LogP contribution in [0.3, 0.4) is 0 Å². The van der Waals surface area contributed by atoms with E-state index >= 15 is 0 Å². The summed E-state index contributed by atoms with van der Waals surface area (Å²) in [4.78, 5) is 21.5. The molecule has 0 bridgehead atoms. The van der Waals surface area contributed by atoms with E-state index in [4.69, 9.17) is 16.3 Å². The van der Waals surface area contributed by atoms with Crippen LogP contribution in [0.25, 0.3) is 0 Å². The van der Waals surface area contributed by atoms with E-state index in [0.29, 0.717) is 6.42 Å². The third kappa shape index (κ3) is 3.22.